The molecule has 166 valence electrons. The van der Waals surface area contributed by atoms with Crippen molar-refractivity contribution in [1.82, 2.24) is 24.3 Å². The van der Waals surface area contributed by atoms with Gasteiger partial charge >= 0.3 is 0 Å². The molecule has 8 nitrogen and oxygen atoms in total. The number of rotatable bonds is 4. The second kappa shape index (κ2) is 8.35. The van der Waals surface area contributed by atoms with Crippen molar-refractivity contribution in [3.63, 3.8) is 0 Å². The van der Waals surface area contributed by atoms with Gasteiger partial charge in [-0.3, -0.25) is 9.59 Å². The SMILES string of the molecule is CC(C)n1cnc2cc(C(=O)N3C[C@@H]4OCCC(=O)N(Cc5ccccc5)[C@H]4C3)cnc21. The first kappa shape index (κ1) is 20.6. The van der Waals surface area contributed by atoms with E-state index in [2.05, 4.69) is 23.8 Å². The van der Waals surface area contributed by atoms with E-state index in [0.717, 1.165) is 11.2 Å². The Morgan fingerprint density at radius 2 is 2.00 bits per heavy atom. The number of benzene rings is 1. The minimum absolute atomic E-state index is 0.0676. The van der Waals surface area contributed by atoms with E-state index in [4.69, 9.17) is 4.74 Å². The predicted molar refractivity (Wildman–Crippen MR) is 119 cm³/mol. The Kier molecular flexibility index (Phi) is 5.38. The maximum Gasteiger partial charge on any atom is 0.255 e. The summed E-state index contributed by atoms with van der Waals surface area (Å²) in [5, 5.41) is 0. The molecule has 8 heteroatoms. The molecule has 2 aliphatic heterocycles. The van der Waals surface area contributed by atoms with E-state index >= 15 is 0 Å². The molecule has 0 aliphatic carbocycles. The van der Waals surface area contributed by atoms with Gasteiger partial charge in [-0.15, -0.1) is 0 Å². The van der Waals surface area contributed by atoms with Gasteiger partial charge in [0.25, 0.3) is 5.91 Å². The molecule has 2 aliphatic rings. The van der Waals surface area contributed by atoms with E-state index in [-0.39, 0.29) is 30.0 Å². The number of fused-ring (bicyclic) bond motifs is 2. The highest BCUT2D eigenvalue weighted by atomic mass is 16.5. The van der Waals surface area contributed by atoms with Gasteiger partial charge < -0.3 is 19.1 Å². The predicted octanol–water partition coefficient (Wildman–Crippen LogP) is 2.65. The summed E-state index contributed by atoms with van der Waals surface area (Å²) < 4.78 is 7.98. The van der Waals surface area contributed by atoms with Crippen LogP contribution in [0.4, 0.5) is 0 Å². The zero-order chi connectivity index (χ0) is 22.2. The van der Waals surface area contributed by atoms with Crippen LogP contribution in [0.25, 0.3) is 11.2 Å². The molecular weight excluding hydrogens is 406 g/mol. The number of amides is 2. The van der Waals surface area contributed by atoms with Gasteiger partial charge in [0.1, 0.15) is 5.52 Å². The number of imidazole rings is 1. The molecule has 0 spiro atoms. The highest BCUT2D eigenvalue weighted by molar-refractivity contribution is 5.96. The van der Waals surface area contributed by atoms with Crippen molar-refractivity contribution >= 4 is 23.0 Å². The third kappa shape index (κ3) is 3.75. The van der Waals surface area contributed by atoms with Crippen molar-refractivity contribution in [3.05, 3.63) is 60.0 Å². The Morgan fingerprint density at radius 3 is 2.78 bits per heavy atom. The van der Waals surface area contributed by atoms with E-state index in [1.165, 1.54) is 0 Å². The summed E-state index contributed by atoms with van der Waals surface area (Å²) in [4.78, 5) is 38.7. The standard InChI is InChI=1S/C24H27N5O3/c1-16(2)29-15-26-19-10-18(11-25-23(19)29)24(31)27-13-20-21(14-27)32-9-8-22(30)28(20)12-17-6-4-3-5-7-17/h3-7,10-11,15-16,20-21H,8-9,12-14H2,1-2H3/t20-,21-/m0/s1. The van der Waals surface area contributed by atoms with E-state index in [0.29, 0.717) is 43.7 Å². The van der Waals surface area contributed by atoms with Gasteiger partial charge in [0.15, 0.2) is 5.65 Å². The molecule has 0 bridgehead atoms. The highest BCUT2D eigenvalue weighted by Crippen LogP contribution is 2.27. The minimum atomic E-state index is -0.189. The summed E-state index contributed by atoms with van der Waals surface area (Å²) in [6.45, 7) is 5.94. The van der Waals surface area contributed by atoms with Gasteiger partial charge in [-0.1, -0.05) is 30.3 Å². The van der Waals surface area contributed by atoms with Gasteiger partial charge in [0, 0.05) is 31.9 Å². The Bertz CT molecular complexity index is 1140. The average molecular weight is 434 g/mol. The summed E-state index contributed by atoms with van der Waals surface area (Å²) in [7, 11) is 0. The fourth-order valence-corrected chi connectivity index (χ4v) is 4.59. The van der Waals surface area contributed by atoms with Crippen LogP contribution in [-0.4, -0.2) is 68.0 Å². The van der Waals surface area contributed by atoms with Gasteiger partial charge in [-0.25, -0.2) is 9.97 Å². The first-order valence-corrected chi connectivity index (χ1v) is 11.1. The largest absolute Gasteiger partial charge is 0.374 e. The van der Waals surface area contributed by atoms with Crippen molar-refractivity contribution in [2.75, 3.05) is 19.7 Å². The number of carbonyl (C=O) groups excluding carboxylic acids is 2. The van der Waals surface area contributed by atoms with Gasteiger partial charge in [0.2, 0.25) is 5.91 Å². The van der Waals surface area contributed by atoms with Crippen LogP contribution >= 0.6 is 0 Å². The third-order valence-electron chi connectivity index (χ3n) is 6.30. The molecule has 0 saturated carbocycles. The minimum Gasteiger partial charge on any atom is -0.374 e. The molecular formula is C24H27N5O3. The van der Waals surface area contributed by atoms with E-state index in [1.807, 2.05) is 39.8 Å². The first-order valence-electron chi connectivity index (χ1n) is 11.1. The van der Waals surface area contributed by atoms with Crippen LogP contribution in [0.2, 0.25) is 0 Å². The molecule has 0 radical (unpaired) electrons. The van der Waals surface area contributed by atoms with E-state index in [1.54, 1.807) is 23.5 Å². The topological polar surface area (TPSA) is 80.6 Å². The molecule has 1 aromatic carbocycles. The summed E-state index contributed by atoms with van der Waals surface area (Å²) in [5.41, 5.74) is 3.05. The average Bonchev–Trinajstić information content (AvgIpc) is 3.38. The Morgan fingerprint density at radius 1 is 1.19 bits per heavy atom. The third-order valence-corrected chi connectivity index (χ3v) is 6.30. The number of carbonyl (C=O) groups is 2. The number of hydrogen-bond acceptors (Lipinski definition) is 5. The zero-order valence-corrected chi connectivity index (χ0v) is 18.3. The number of aromatic nitrogens is 3. The summed E-state index contributed by atoms with van der Waals surface area (Å²) in [6.07, 6.45) is 3.55. The van der Waals surface area contributed by atoms with Crippen LogP contribution in [0, 0.1) is 0 Å². The normalized spacial score (nSPS) is 21.3. The lowest BCUT2D eigenvalue weighted by Crippen LogP contribution is -2.45. The van der Waals surface area contributed by atoms with Gasteiger partial charge in [-0.2, -0.15) is 0 Å². The van der Waals surface area contributed by atoms with Gasteiger partial charge in [0.05, 0.1) is 37.1 Å². The molecule has 3 aromatic rings. The van der Waals surface area contributed by atoms with Crippen LogP contribution in [-0.2, 0) is 16.1 Å². The number of nitrogens with zero attached hydrogens (tertiary/aromatic N) is 5. The van der Waals surface area contributed by atoms with Crippen molar-refractivity contribution in [1.29, 1.82) is 0 Å². The fraction of sp³-hybridized carbons (Fsp3) is 0.417. The maximum atomic E-state index is 13.3. The number of hydrogen-bond donors (Lipinski definition) is 0. The molecule has 2 saturated heterocycles. The molecule has 5 rings (SSSR count). The van der Waals surface area contributed by atoms with Crippen molar-refractivity contribution < 1.29 is 14.3 Å². The molecule has 32 heavy (non-hydrogen) atoms. The van der Waals surface area contributed by atoms with Crippen molar-refractivity contribution in [2.24, 2.45) is 0 Å². The second-order valence-corrected chi connectivity index (χ2v) is 8.76. The van der Waals surface area contributed by atoms with Gasteiger partial charge in [-0.05, 0) is 25.5 Å². The molecule has 0 N–H and O–H groups in total. The van der Waals surface area contributed by atoms with Crippen LogP contribution in [0.5, 0.6) is 0 Å². The maximum absolute atomic E-state index is 13.3. The molecule has 2 aromatic heterocycles. The van der Waals surface area contributed by atoms with Crippen LogP contribution in [0.1, 0.15) is 42.2 Å². The first-order chi connectivity index (χ1) is 15.5. The number of likely N-dealkylation sites (tertiary alicyclic amines) is 1. The molecule has 2 fully saturated rings. The zero-order valence-electron chi connectivity index (χ0n) is 18.3. The Labute approximate surface area is 186 Å². The van der Waals surface area contributed by atoms with Crippen LogP contribution in [0.15, 0.2) is 48.9 Å². The lowest BCUT2D eigenvalue weighted by Gasteiger charge is -2.29. The second-order valence-electron chi connectivity index (χ2n) is 8.76. The lowest BCUT2D eigenvalue weighted by molar-refractivity contribution is -0.133. The van der Waals surface area contributed by atoms with Crippen molar-refractivity contribution in [3.8, 4) is 0 Å². The van der Waals surface area contributed by atoms with Crippen molar-refractivity contribution in [2.45, 2.75) is 45.0 Å². The summed E-state index contributed by atoms with van der Waals surface area (Å²) >= 11 is 0. The highest BCUT2D eigenvalue weighted by Gasteiger charge is 2.43. The monoisotopic (exact) mass is 433 g/mol. The van der Waals surface area contributed by atoms with E-state index in [9.17, 15) is 9.59 Å². The fourth-order valence-electron chi connectivity index (χ4n) is 4.59. The number of pyridine rings is 1. The summed E-state index contributed by atoms with van der Waals surface area (Å²) in [6, 6.07) is 11.8. The Hall–Kier alpha value is -3.26. The molecule has 4 heterocycles. The molecule has 2 amide bonds. The summed E-state index contributed by atoms with van der Waals surface area (Å²) in [5.74, 6) is -0.0414. The quantitative estimate of drug-likeness (QED) is 0.632. The number of ether oxygens (including phenoxy) is 1. The molecule has 0 unspecified atom stereocenters. The molecule has 2 atom stereocenters. The smallest absolute Gasteiger partial charge is 0.255 e. The lowest BCUT2D eigenvalue weighted by atomic mass is 10.1. The van der Waals surface area contributed by atoms with Crippen LogP contribution in [0.3, 0.4) is 0 Å². The Balaban J connectivity index is 1.37. The van der Waals surface area contributed by atoms with E-state index < -0.39 is 0 Å². The van der Waals surface area contributed by atoms with Crippen LogP contribution < -0.4 is 0 Å².